The van der Waals surface area contributed by atoms with E-state index in [2.05, 4.69) is 18.3 Å². The highest BCUT2D eigenvalue weighted by atomic mass is 32.2. The van der Waals surface area contributed by atoms with Gasteiger partial charge in [-0.3, -0.25) is 9.59 Å². The van der Waals surface area contributed by atoms with Crippen LogP contribution in [-0.2, 0) is 26.0 Å². The van der Waals surface area contributed by atoms with Crippen molar-refractivity contribution in [2.75, 3.05) is 6.54 Å². The summed E-state index contributed by atoms with van der Waals surface area (Å²) < 4.78 is 29.3. The van der Waals surface area contributed by atoms with E-state index in [0.29, 0.717) is 42.0 Å². The maximum absolute atomic E-state index is 13.5. The lowest BCUT2D eigenvalue weighted by atomic mass is 9.55. The number of esters is 1. The first-order chi connectivity index (χ1) is 18.6. The predicted molar refractivity (Wildman–Crippen MR) is 145 cm³/mol. The van der Waals surface area contributed by atoms with Crippen molar-refractivity contribution in [2.45, 2.75) is 74.8 Å². The summed E-state index contributed by atoms with van der Waals surface area (Å²) in [7, 11) is -3.85. The summed E-state index contributed by atoms with van der Waals surface area (Å²) >= 11 is 0. The maximum Gasteiger partial charge on any atom is 0.324 e. The standard InChI is InChI=1S/C30H36N2O6S/c1-30-14-12-22-21-9-5-19(33)16-18(21)4-8-23(22)25(30)10-11-26(30)38-29(35)27-24(13-15-32-27)28(34)17-2-6-20(7-3-17)39(31,36)37/h2-3,5-7,9,16,22-27,32-33H,4,8,10-15H2,1H3,(H2,31,36,37)/t22-,23-,24?,25+,26-,27+,30+/m1/s1. The topological polar surface area (TPSA) is 136 Å². The number of aromatic hydroxyl groups is 1. The highest BCUT2D eigenvalue weighted by Crippen LogP contribution is 2.61. The summed E-state index contributed by atoms with van der Waals surface area (Å²) in [5, 5.41) is 18.3. The number of ether oxygens (including phenoxy) is 1. The van der Waals surface area contributed by atoms with E-state index in [4.69, 9.17) is 9.88 Å². The molecule has 8 nitrogen and oxygen atoms in total. The average molecular weight is 553 g/mol. The van der Waals surface area contributed by atoms with E-state index >= 15 is 0 Å². The number of ketones is 1. The summed E-state index contributed by atoms with van der Waals surface area (Å²) in [6, 6.07) is 10.6. The fourth-order valence-electron chi connectivity index (χ4n) is 8.18. The van der Waals surface area contributed by atoms with Crippen LogP contribution in [0.3, 0.4) is 0 Å². The van der Waals surface area contributed by atoms with E-state index in [1.54, 1.807) is 6.07 Å². The molecule has 0 amide bonds. The highest BCUT2D eigenvalue weighted by molar-refractivity contribution is 7.89. The highest BCUT2D eigenvalue weighted by Gasteiger charge is 2.56. The van der Waals surface area contributed by atoms with E-state index in [1.807, 2.05) is 6.07 Å². The third kappa shape index (κ3) is 4.58. The molecular formula is C30H36N2O6S. The van der Waals surface area contributed by atoms with Crippen LogP contribution in [0.25, 0.3) is 0 Å². The molecule has 39 heavy (non-hydrogen) atoms. The molecule has 2 aromatic rings. The van der Waals surface area contributed by atoms with Gasteiger partial charge in [-0.2, -0.15) is 0 Å². The van der Waals surface area contributed by atoms with Gasteiger partial charge in [-0.05, 0) is 105 Å². The van der Waals surface area contributed by atoms with Crippen molar-refractivity contribution in [1.82, 2.24) is 5.32 Å². The molecule has 0 radical (unpaired) electrons. The van der Waals surface area contributed by atoms with Crippen LogP contribution >= 0.6 is 0 Å². The quantitative estimate of drug-likeness (QED) is 0.380. The van der Waals surface area contributed by atoms with Gasteiger partial charge in [-0.25, -0.2) is 13.6 Å². The van der Waals surface area contributed by atoms with Gasteiger partial charge >= 0.3 is 5.97 Å². The molecule has 2 saturated carbocycles. The van der Waals surface area contributed by atoms with Crippen LogP contribution in [0, 0.1) is 23.2 Å². The minimum atomic E-state index is -3.85. The lowest BCUT2D eigenvalue weighted by Crippen LogP contribution is -2.47. The Kier molecular flexibility index (Phi) is 6.59. The van der Waals surface area contributed by atoms with Crippen molar-refractivity contribution in [3.63, 3.8) is 0 Å². The van der Waals surface area contributed by atoms with Gasteiger partial charge in [-0.15, -0.1) is 0 Å². The average Bonchev–Trinajstić information content (AvgIpc) is 3.52. The molecule has 0 aromatic heterocycles. The molecule has 4 N–H and O–H groups in total. The predicted octanol–water partition coefficient (Wildman–Crippen LogP) is 3.67. The number of hydrogen-bond donors (Lipinski definition) is 3. The van der Waals surface area contributed by atoms with Crippen LogP contribution in [0.2, 0.25) is 0 Å². The number of phenolic OH excluding ortho intramolecular Hbond substituents is 1. The number of phenols is 1. The number of rotatable bonds is 5. The molecular weight excluding hydrogens is 516 g/mol. The van der Waals surface area contributed by atoms with Crippen molar-refractivity contribution < 1.29 is 27.9 Å². The van der Waals surface area contributed by atoms with Gasteiger partial charge in [0.2, 0.25) is 10.0 Å². The number of carbonyl (C=O) groups excluding carboxylic acids is 2. The van der Waals surface area contributed by atoms with E-state index in [0.717, 1.165) is 38.5 Å². The van der Waals surface area contributed by atoms with Gasteiger partial charge in [0.25, 0.3) is 0 Å². The second kappa shape index (κ2) is 9.71. The van der Waals surface area contributed by atoms with Gasteiger partial charge in [-0.1, -0.05) is 25.1 Å². The minimum absolute atomic E-state index is 0.0575. The molecule has 0 bridgehead atoms. The van der Waals surface area contributed by atoms with E-state index in [-0.39, 0.29) is 28.2 Å². The number of carbonyl (C=O) groups is 2. The Morgan fingerprint density at radius 1 is 1.05 bits per heavy atom. The molecule has 9 heteroatoms. The largest absolute Gasteiger partial charge is 0.508 e. The first-order valence-corrected chi connectivity index (χ1v) is 15.5. The van der Waals surface area contributed by atoms with E-state index in [1.165, 1.54) is 35.4 Å². The lowest BCUT2D eigenvalue weighted by Gasteiger charge is -2.50. The Morgan fingerprint density at radius 2 is 1.82 bits per heavy atom. The smallest absolute Gasteiger partial charge is 0.324 e. The summed E-state index contributed by atoms with van der Waals surface area (Å²) in [5.41, 5.74) is 2.90. The van der Waals surface area contributed by atoms with Crippen molar-refractivity contribution in [3.8, 4) is 5.75 Å². The van der Waals surface area contributed by atoms with Gasteiger partial charge in [0.1, 0.15) is 17.9 Å². The lowest BCUT2D eigenvalue weighted by molar-refractivity contribution is -0.160. The molecule has 3 fully saturated rings. The van der Waals surface area contributed by atoms with Gasteiger partial charge in [0.15, 0.2) is 5.78 Å². The number of nitrogens with one attached hydrogen (secondary N) is 1. The number of nitrogens with two attached hydrogens (primary N) is 1. The van der Waals surface area contributed by atoms with Crippen LogP contribution in [-0.4, -0.2) is 44.0 Å². The molecule has 1 saturated heterocycles. The number of fused-ring (bicyclic) bond motifs is 5. The Hall–Kier alpha value is -2.75. The van der Waals surface area contributed by atoms with Gasteiger partial charge < -0.3 is 15.2 Å². The van der Waals surface area contributed by atoms with E-state index in [9.17, 15) is 23.1 Å². The maximum atomic E-state index is 13.5. The van der Waals surface area contributed by atoms with Gasteiger partial charge in [0.05, 0.1) is 4.90 Å². The zero-order valence-electron chi connectivity index (χ0n) is 22.1. The second-order valence-corrected chi connectivity index (χ2v) is 13.7. The SMILES string of the molecule is C[C@]12CC[C@@H]3c4ccc(O)cc4CC[C@H]3[C@@H]1CC[C@H]2OC(=O)[C@H]1NCCC1C(=O)c1ccc(S(N)(=O)=O)cc1. The van der Waals surface area contributed by atoms with E-state index < -0.39 is 22.0 Å². The number of Topliss-reactive ketones (excluding diaryl/α,β-unsaturated/α-hetero) is 1. The summed E-state index contributed by atoms with van der Waals surface area (Å²) in [6.45, 7) is 2.82. The monoisotopic (exact) mass is 552 g/mol. The molecule has 3 aliphatic carbocycles. The minimum Gasteiger partial charge on any atom is -0.508 e. The number of primary sulfonamides is 1. The van der Waals surface area contributed by atoms with Crippen molar-refractivity contribution >= 4 is 21.8 Å². The first-order valence-electron chi connectivity index (χ1n) is 14.0. The second-order valence-electron chi connectivity index (χ2n) is 12.1. The molecule has 1 aliphatic heterocycles. The van der Waals surface area contributed by atoms with Crippen LogP contribution in [0.4, 0.5) is 0 Å². The fraction of sp³-hybridized carbons (Fsp3) is 0.533. The van der Waals surface area contributed by atoms with Crippen molar-refractivity contribution in [3.05, 3.63) is 59.2 Å². The summed E-state index contributed by atoms with van der Waals surface area (Å²) in [5.74, 6) is 0.701. The molecule has 4 aliphatic rings. The zero-order valence-corrected chi connectivity index (χ0v) is 23.0. The first kappa shape index (κ1) is 26.5. The third-order valence-corrected chi connectivity index (χ3v) is 11.1. The number of aryl methyl sites for hydroxylation is 1. The molecule has 2 aromatic carbocycles. The van der Waals surface area contributed by atoms with Crippen LogP contribution in [0.5, 0.6) is 5.75 Å². The number of benzene rings is 2. The molecule has 1 unspecified atom stereocenters. The van der Waals surface area contributed by atoms with Gasteiger partial charge in [0, 0.05) is 16.9 Å². The molecule has 0 spiro atoms. The number of hydrogen-bond acceptors (Lipinski definition) is 7. The van der Waals surface area contributed by atoms with Crippen LogP contribution in [0.1, 0.15) is 72.9 Å². The Labute approximate surface area is 229 Å². The Bertz CT molecular complexity index is 1410. The molecule has 6 rings (SSSR count). The zero-order chi connectivity index (χ0) is 27.5. The van der Waals surface area contributed by atoms with Crippen molar-refractivity contribution in [2.24, 2.45) is 28.3 Å². The Balaban J connectivity index is 1.15. The fourth-order valence-corrected chi connectivity index (χ4v) is 8.70. The Morgan fingerprint density at radius 3 is 2.56 bits per heavy atom. The third-order valence-electron chi connectivity index (χ3n) is 10.2. The number of sulfonamides is 1. The normalized spacial score (nSPS) is 33.6. The molecule has 208 valence electrons. The molecule has 7 atom stereocenters. The molecule has 1 heterocycles. The summed E-state index contributed by atoms with van der Waals surface area (Å²) in [6.07, 6.45) is 6.28. The van der Waals surface area contributed by atoms with Crippen LogP contribution < -0.4 is 10.5 Å². The summed E-state index contributed by atoms with van der Waals surface area (Å²) in [4.78, 5) is 26.7. The van der Waals surface area contributed by atoms with Crippen LogP contribution in [0.15, 0.2) is 47.4 Å². The van der Waals surface area contributed by atoms with Crippen molar-refractivity contribution in [1.29, 1.82) is 0 Å².